The molecule has 0 spiro atoms. The van der Waals surface area contributed by atoms with Gasteiger partial charge in [0.1, 0.15) is 36.6 Å². The lowest BCUT2D eigenvalue weighted by Gasteiger charge is -2.30. The van der Waals surface area contributed by atoms with Gasteiger partial charge < -0.3 is 28.4 Å². The minimum absolute atomic E-state index is 0.123. The molecule has 0 amide bonds. The van der Waals surface area contributed by atoms with Gasteiger partial charge >= 0.3 is 0 Å². The van der Waals surface area contributed by atoms with Crippen molar-refractivity contribution in [2.75, 3.05) is 41.7 Å². The first kappa shape index (κ1) is 19.1. The standard InChI is InChI=1S/C18H26O6/c1-19-11-17-15(21-3)9-7-13(23-17)5-6-14-8-10-16(22-4)18(24-14)12-20-2/h7-10,13-18H,11-12H2,1-4H3/t13-,14-,15+,16+,17-,18-/m1/s1. The Morgan fingerprint density at radius 3 is 1.46 bits per heavy atom. The quantitative estimate of drug-likeness (QED) is 0.531. The predicted molar refractivity (Wildman–Crippen MR) is 88.7 cm³/mol. The van der Waals surface area contributed by atoms with Crippen molar-refractivity contribution in [1.82, 2.24) is 0 Å². The normalized spacial score (nSPS) is 35.5. The Kier molecular flexibility index (Phi) is 7.92. The van der Waals surface area contributed by atoms with E-state index < -0.39 is 0 Å². The molecule has 6 heteroatoms. The van der Waals surface area contributed by atoms with Crippen molar-refractivity contribution in [2.24, 2.45) is 0 Å². The average molecular weight is 338 g/mol. The molecule has 2 heterocycles. The van der Waals surface area contributed by atoms with E-state index in [1.807, 2.05) is 24.3 Å². The van der Waals surface area contributed by atoms with Crippen LogP contribution in [0.2, 0.25) is 0 Å². The topological polar surface area (TPSA) is 55.4 Å². The molecule has 2 aliphatic heterocycles. The third kappa shape index (κ3) is 5.15. The number of hydrogen-bond acceptors (Lipinski definition) is 6. The van der Waals surface area contributed by atoms with Crippen molar-refractivity contribution in [3.8, 4) is 11.8 Å². The molecule has 0 bridgehead atoms. The maximum absolute atomic E-state index is 5.90. The monoisotopic (exact) mass is 338 g/mol. The van der Waals surface area contributed by atoms with Crippen LogP contribution in [0.15, 0.2) is 24.3 Å². The molecule has 0 fully saturated rings. The highest BCUT2D eigenvalue weighted by molar-refractivity contribution is 5.23. The van der Waals surface area contributed by atoms with Gasteiger partial charge in [-0.3, -0.25) is 0 Å². The number of rotatable bonds is 6. The summed E-state index contributed by atoms with van der Waals surface area (Å²) in [4.78, 5) is 0. The van der Waals surface area contributed by atoms with Crippen molar-refractivity contribution in [3.63, 3.8) is 0 Å². The molecule has 2 aliphatic rings. The van der Waals surface area contributed by atoms with Crippen molar-refractivity contribution < 1.29 is 28.4 Å². The first-order chi connectivity index (χ1) is 11.7. The third-order valence-electron chi connectivity index (χ3n) is 3.90. The first-order valence-corrected chi connectivity index (χ1v) is 7.94. The summed E-state index contributed by atoms with van der Waals surface area (Å²) in [6.45, 7) is 0.901. The second-order valence-electron chi connectivity index (χ2n) is 5.56. The Hall–Kier alpha value is -1.20. The number of ether oxygens (including phenoxy) is 6. The zero-order valence-corrected chi connectivity index (χ0v) is 14.6. The van der Waals surface area contributed by atoms with Crippen molar-refractivity contribution >= 4 is 0 Å². The summed E-state index contributed by atoms with van der Waals surface area (Å²) < 4.78 is 32.9. The van der Waals surface area contributed by atoms with Crippen LogP contribution in [0.1, 0.15) is 0 Å². The SMILES string of the molecule is COC[C@H]1O[C@H](C#C[C@@H]2C=C[C@H](OC)[C@@H](COC)O2)C=C[C@@H]1OC. The van der Waals surface area contributed by atoms with Gasteiger partial charge in [-0.1, -0.05) is 24.0 Å². The van der Waals surface area contributed by atoms with Gasteiger partial charge in [0.25, 0.3) is 0 Å². The second kappa shape index (κ2) is 9.94. The first-order valence-electron chi connectivity index (χ1n) is 7.94. The van der Waals surface area contributed by atoms with E-state index >= 15 is 0 Å². The summed E-state index contributed by atoms with van der Waals surface area (Å²) in [6.07, 6.45) is 6.48. The van der Waals surface area contributed by atoms with Gasteiger partial charge in [0.05, 0.1) is 13.2 Å². The molecule has 0 saturated heterocycles. The Morgan fingerprint density at radius 2 is 1.12 bits per heavy atom. The highest BCUT2D eigenvalue weighted by Gasteiger charge is 2.28. The molecule has 0 unspecified atom stereocenters. The minimum Gasteiger partial charge on any atom is -0.382 e. The smallest absolute Gasteiger partial charge is 0.137 e. The lowest BCUT2D eigenvalue weighted by atomic mass is 10.1. The van der Waals surface area contributed by atoms with Gasteiger partial charge in [-0.25, -0.2) is 0 Å². The highest BCUT2D eigenvalue weighted by atomic mass is 16.6. The zero-order valence-electron chi connectivity index (χ0n) is 14.6. The molecule has 0 aromatic carbocycles. The molecule has 6 nitrogen and oxygen atoms in total. The molecule has 0 aliphatic carbocycles. The zero-order chi connectivity index (χ0) is 17.4. The van der Waals surface area contributed by atoms with Crippen LogP contribution in [0.5, 0.6) is 0 Å². The molecular formula is C18H26O6. The Labute approximate surface area is 143 Å². The summed E-state index contributed by atoms with van der Waals surface area (Å²) in [5.74, 6) is 6.18. The molecule has 0 radical (unpaired) electrons. The van der Waals surface area contributed by atoms with Crippen LogP contribution in [0, 0.1) is 11.8 Å². The predicted octanol–water partition coefficient (Wildman–Crippen LogP) is 0.960. The molecule has 0 N–H and O–H groups in total. The minimum atomic E-state index is -0.311. The fourth-order valence-corrected chi connectivity index (χ4v) is 2.68. The van der Waals surface area contributed by atoms with E-state index in [0.29, 0.717) is 13.2 Å². The van der Waals surface area contributed by atoms with Gasteiger partial charge in [-0.15, -0.1) is 0 Å². The van der Waals surface area contributed by atoms with E-state index in [9.17, 15) is 0 Å². The maximum atomic E-state index is 5.90. The molecule has 0 saturated carbocycles. The summed E-state index contributed by atoms with van der Waals surface area (Å²) in [5, 5.41) is 0. The third-order valence-corrected chi connectivity index (χ3v) is 3.90. The molecule has 0 aromatic rings. The molecule has 2 rings (SSSR count). The van der Waals surface area contributed by atoms with Crippen molar-refractivity contribution in [1.29, 1.82) is 0 Å². The summed E-state index contributed by atoms with van der Waals surface area (Å²) in [6, 6.07) is 0. The highest BCUT2D eigenvalue weighted by Crippen LogP contribution is 2.17. The van der Waals surface area contributed by atoms with Gasteiger partial charge in [-0.2, -0.15) is 0 Å². The molecule has 0 aromatic heterocycles. The maximum Gasteiger partial charge on any atom is 0.137 e. The van der Waals surface area contributed by atoms with Crippen LogP contribution in [-0.2, 0) is 28.4 Å². The van der Waals surface area contributed by atoms with Crippen molar-refractivity contribution in [3.05, 3.63) is 24.3 Å². The van der Waals surface area contributed by atoms with Gasteiger partial charge in [0, 0.05) is 28.4 Å². The Bertz CT molecular complexity index is 449. The average Bonchev–Trinajstić information content (AvgIpc) is 2.61. The largest absolute Gasteiger partial charge is 0.382 e. The van der Waals surface area contributed by atoms with Crippen LogP contribution >= 0.6 is 0 Å². The summed E-state index contributed by atoms with van der Waals surface area (Å²) in [7, 11) is 6.57. The van der Waals surface area contributed by atoms with Gasteiger partial charge in [-0.05, 0) is 12.2 Å². The molecule has 6 atom stereocenters. The fourth-order valence-electron chi connectivity index (χ4n) is 2.68. The number of methoxy groups -OCH3 is 4. The van der Waals surface area contributed by atoms with Crippen molar-refractivity contribution in [2.45, 2.75) is 36.6 Å². The van der Waals surface area contributed by atoms with Gasteiger partial charge in [0.2, 0.25) is 0 Å². The van der Waals surface area contributed by atoms with Crippen LogP contribution in [0.25, 0.3) is 0 Å². The Balaban J connectivity index is 1.99. The van der Waals surface area contributed by atoms with E-state index in [0.717, 1.165) is 0 Å². The summed E-state index contributed by atoms with van der Waals surface area (Å²) >= 11 is 0. The summed E-state index contributed by atoms with van der Waals surface area (Å²) in [5.41, 5.74) is 0. The molecular weight excluding hydrogens is 312 g/mol. The van der Waals surface area contributed by atoms with E-state index in [4.69, 9.17) is 28.4 Å². The fraction of sp³-hybridized carbons (Fsp3) is 0.667. The van der Waals surface area contributed by atoms with E-state index in [1.165, 1.54) is 0 Å². The second-order valence-corrected chi connectivity index (χ2v) is 5.56. The van der Waals surface area contributed by atoms with Crippen LogP contribution in [0.3, 0.4) is 0 Å². The molecule has 134 valence electrons. The van der Waals surface area contributed by atoms with E-state index in [2.05, 4.69) is 11.8 Å². The molecule has 24 heavy (non-hydrogen) atoms. The Morgan fingerprint density at radius 1 is 0.708 bits per heavy atom. The van der Waals surface area contributed by atoms with Crippen LogP contribution in [0.4, 0.5) is 0 Å². The van der Waals surface area contributed by atoms with Gasteiger partial charge in [0.15, 0.2) is 0 Å². The lowest BCUT2D eigenvalue weighted by Crippen LogP contribution is -2.40. The van der Waals surface area contributed by atoms with E-state index in [-0.39, 0.29) is 36.6 Å². The lowest BCUT2D eigenvalue weighted by molar-refractivity contribution is -0.0859. The number of hydrogen-bond donors (Lipinski definition) is 0. The van der Waals surface area contributed by atoms with Crippen LogP contribution < -0.4 is 0 Å². The van der Waals surface area contributed by atoms with E-state index in [1.54, 1.807) is 28.4 Å². The van der Waals surface area contributed by atoms with Crippen LogP contribution in [-0.4, -0.2) is 78.3 Å².